The van der Waals surface area contributed by atoms with Crippen molar-refractivity contribution in [2.45, 2.75) is 19.5 Å². The van der Waals surface area contributed by atoms with Crippen molar-refractivity contribution >= 4 is 5.97 Å². The molecule has 0 fully saturated rings. The average molecular weight is 194 g/mol. The fraction of sp³-hybridized carbons (Fsp3) is 0.500. The average Bonchev–Trinajstić information content (AvgIpc) is 2.65. The van der Waals surface area contributed by atoms with Crippen molar-refractivity contribution in [2.75, 3.05) is 13.2 Å². The third-order valence-corrected chi connectivity index (χ3v) is 2.38. The van der Waals surface area contributed by atoms with E-state index in [1.54, 1.807) is 0 Å². The summed E-state index contributed by atoms with van der Waals surface area (Å²) in [7, 11) is 0. The molecule has 1 aliphatic rings. The van der Waals surface area contributed by atoms with Gasteiger partial charge >= 0.3 is 5.97 Å². The molecule has 0 radical (unpaired) electrons. The minimum atomic E-state index is -0.293. The van der Waals surface area contributed by atoms with Crippen molar-refractivity contribution < 1.29 is 9.53 Å². The van der Waals surface area contributed by atoms with Crippen molar-refractivity contribution in [3.63, 3.8) is 0 Å². The maximum atomic E-state index is 11.6. The molecule has 76 valence electrons. The van der Waals surface area contributed by atoms with E-state index >= 15 is 0 Å². The van der Waals surface area contributed by atoms with Crippen molar-refractivity contribution in [1.82, 2.24) is 9.88 Å². The quantitative estimate of drug-likeness (QED) is 0.705. The summed E-state index contributed by atoms with van der Waals surface area (Å²) in [6, 6.07) is 3.61. The molecule has 2 rings (SSSR count). The predicted molar refractivity (Wildman–Crippen MR) is 51.8 cm³/mol. The van der Waals surface area contributed by atoms with Gasteiger partial charge in [0.25, 0.3) is 0 Å². The van der Waals surface area contributed by atoms with Gasteiger partial charge in [0.2, 0.25) is 0 Å². The second kappa shape index (κ2) is 3.84. The minimum Gasteiger partial charge on any atom is -0.465 e. The third-order valence-electron chi connectivity index (χ3n) is 2.38. The van der Waals surface area contributed by atoms with Gasteiger partial charge in [0.1, 0.15) is 6.04 Å². The Kier molecular flexibility index (Phi) is 2.54. The number of nitrogens with one attached hydrogen (secondary N) is 1. The largest absolute Gasteiger partial charge is 0.465 e. The summed E-state index contributed by atoms with van der Waals surface area (Å²) < 4.78 is 7.07. The zero-order valence-corrected chi connectivity index (χ0v) is 8.19. The Morgan fingerprint density at radius 3 is 3.43 bits per heavy atom. The number of aromatic nitrogens is 1. The van der Waals surface area contributed by atoms with E-state index in [-0.39, 0.29) is 12.0 Å². The van der Waals surface area contributed by atoms with Crippen LogP contribution in [0.1, 0.15) is 18.7 Å². The normalized spacial score (nSPS) is 20.2. The summed E-state index contributed by atoms with van der Waals surface area (Å²) in [5.41, 5.74) is 0.995. The van der Waals surface area contributed by atoms with Gasteiger partial charge in [-0.3, -0.25) is 5.32 Å². The Morgan fingerprint density at radius 2 is 2.64 bits per heavy atom. The number of ether oxygens (including phenoxy) is 1. The topological polar surface area (TPSA) is 43.3 Å². The summed E-state index contributed by atoms with van der Waals surface area (Å²) >= 11 is 0. The summed E-state index contributed by atoms with van der Waals surface area (Å²) in [5, 5.41) is 3.15. The van der Waals surface area contributed by atoms with Crippen molar-refractivity contribution in [3.8, 4) is 0 Å². The molecular formula is C10H14N2O2. The fourth-order valence-corrected chi connectivity index (χ4v) is 1.76. The van der Waals surface area contributed by atoms with Crippen LogP contribution in [0.5, 0.6) is 0 Å². The molecule has 0 unspecified atom stereocenters. The van der Waals surface area contributed by atoms with E-state index in [0.29, 0.717) is 6.61 Å². The van der Waals surface area contributed by atoms with Crippen LogP contribution in [0, 0.1) is 0 Å². The van der Waals surface area contributed by atoms with E-state index in [2.05, 4.69) is 9.88 Å². The Bertz CT molecular complexity index is 333. The number of fused-ring (bicyclic) bond motifs is 1. The molecule has 1 atom stereocenters. The first-order valence-corrected chi connectivity index (χ1v) is 4.88. The molecular weight excluding hydrogens is 180 g/mol. The number of carbonyl (C=O) groups is 1. The molecule has 0 amide bonds. The first-order valence-electron chi connectivity index (χ1n) is 4.88. The van der Waals surface area contributed by atoms with Crippen molar-refractivity contribution in [1.29, 1.82) is 0 Å². The first kappa shape index (κ1) is 9.27. The van der Waals surface area contributed by atoms with Crippen LogP contribution in [-0.4, -0.2) is 23.7 Å². The molecule has 1 aliphatic heterocycles. The molecule has 14 heavy (non-hydrogen) atoms. The highest BCUT2D eigenvalue weighted by Crippen LogP contribution is 2.18. The van der Waals surface area contributed by atoms with Gasteiger partial charge in [0.15, 0.2) is 0 Å². The molecule has 0 bridgehead atoms. The number of nitrogens with zero attached hydrogens (tertiary/aromatic N) is 1. The van der Waals surface area contributed by atoms with Crippen molar-refractivity contribution in [2.24, 2.45) is 0 Å². The van der Waals surface area contributed by atoms with Crippen LogP contribution in [0.4, 0.5) is 0 Å². The SMILES string of the molecule is CCOC(=O)[C@H]1NCCn2cccc21. The van der Waals surface area contributed by atoms with Gasteiger partial charge in [-0.1, -0.05) is 0 Å². The van der Waals surface area contributed by atoms with E-state index in [1.807, 2.05) is 25.3 Å². The van der Waals surface area contributed by atoms with E-state index < -0.39 is 0 Å². The highest BCUT2D eigenvalue weighted by atomic mass is 16.5. The first-order chi connectivity index (χ1) is 6.83. The molecule has 1 N–H and O–H groups in total. The monoisotopic (exact) mass is 194 g/mol. The number of hydrogen-bond donors (Lipinski definition) is 1. The lowest BCUT2D eigenvalue weighted by atomic mass is 10.2. The summed E-state index contributed by atoms with van der Waals surface area (Å²) in [5.74, 6) is -0.188. The van der Waals surface area contributed by atoms with Crippen LogP contribution in [0.3, 0.4) is 0 Å². The highest BCUT2D eigenvalue weighted by molar-refractivity contribution is 5.77. The van der Waals surface area contributed by atoms with Gasteiger partial charge in [-0.05, 0) is 19.1 Å². The Labute approximate surface area is 82.9 Å². The second-order valence-electron chi connectivity index (χ2n) is 3.27. The molecule has 0 aromatic carbocycles. The lowest BCUT2D eigenvalue weighted by Crippen LogP contribution is -2.38. The molecule has 1 aromatic rings. The zero-order chi connectivity index (χ0) is 9.97. The standard InChI is InChI=1S/C10H14N2O2/c1-2-14-10(13)9-8-4-3-6-12(8)7-5-11-9/h3-4,6,9,11H,2,5,7H2,1H3/t9-/m0/s1. The number of carbonyl (C=O) groups excluding carboxylic acids is 1. The van der Waals surface area contributed by atoms with Crippen molar-refractivity contribution in [3.05, 3.63) is 24.0 Å². The molecule has 1 aromatic heterocycles. The number of esters is 1. The molecule has 2 heterocycles. The van der Waals surface area contributed by atoms with Gasteiger partial charge in [-0.15, -0.1) is 0 Å². The zero-order valence-electron chi connectivity index (χ0n) is 8.19. The van der Waals surface area contributed by atoms with Crippen LogP contribution in [0.25, 0.3) is 0 Å². The van der Waals surface area contributed by atoms with Gasteiger partial charge in [0, 0.05) is 25.0 Å². The van der Waals surface area contributed by atoms with Gasteiger partial charge in [0.05, 0.1) is 6.61 Å². The van der Waals surface area contributed by atoms with E-state index in [9.17, 15) is 4.79 Å². The van der Waals surface area contributed by atoms with Crippen LogP contribution in [0.2, 0.25) is 0 Å². The summed E-state index contributed by atoms with van der Waals surface area (Å²) in [4.78, 5) is 11.6. The minimum absolute atomic E-state index is 0.188. The van der Waals surface area contributed by atoms with E-state index in [0.717, 1.165) is 18.8 Å². The third kappa shape index (κ3) is 1.53. The molecule has 4 nitrogen and oxygen atoms in total. The second-order valence-corrected chi connectivity index (χ2v) is 3.27. The lowest BCUT2D eigenvalue weighted by Gasteiger charge is -2.24. The molecule has 0 saturated heterocycles. The van der Waals surface area contributed by atoms with Crippen LogP contribution < -0.4 is 5.32 Å². The number of hydrogen-bond acceptors (Lipinski definition) is 3. The van der Waals surface area contributed by atoms with E-state index in [1.165, 1.54) is 0 Å². The smallest absolute Gasteiger partial charge is 0.329 e. The van der Waals surface area contributed by atoms with Gasteiger partial charge < -0.3 is 9.30 Å². The Balaban J connectivity index is 2.19. The maximum absolute atomic E-state index is 11.6. The Morgan fingerprint density at radius 1 is 1.79 bits per heavy atom. The predicted octanol–water partition coefficient (Wildman–Crippen LogP) is 0.695. The van der Waals surface area contributed by atoms with E-state index in [4.69, 9.17) is 4.74 Å². The van der Waals surface area contributed by atoms with Crippen LogP contribution in [-0.2, 0) is 16.1 Å². The molecule has 0 saturated carbocycles. The maximum Gasteiger partial charge on any atom is 0.329 e. The highest BCUT2D eigenvalue weighted by Gasteiger charge is 2.26. The summed E-state index contributed by atoms with van der Waals surface area (Å²) in [6.07, 6.45) is 1.99. The van der Waals surface area contributed by atoms with Crippen LogP contribution in [0.15, 0.2) is 18.3 Å². The summed E-state index contributed by atoms with van der Waals surface area (Å²) in [6.45, 7) is 3.97. The van der Waals surface area contributed by atoms with Gasteiger partial charge in [-0.25, -0.2) is 4.79 Å². The van der Waals surface area contributed by atoms with Gasteiger partial charge in [-0.2, -0.15) is 0 Å². The molecule has 0 aliphatic carbocycles. The molecule has 0 spiro atoms. The Hall–Kier alpha value is -1.29. The lowest BCUT2D eigenvalue weighted by molar-refractivity contribution is -0.146. The fourth-order valence-electron chi connectivity index (χ4n) is 1.76. The molecule has 4 heteroatoms. The number of rotatable bonds is 2. The van der Waals surface area contributed by atoms with Crippen LogP contribution >= 0.6 is 0 Å².